The average Bonchev–Trinajstić information content (AvgIpc) is 2.78. The van der Waals surface area contributed by atoms with E-state index in [0.29, 0.717) is 13.1 Å². The lowest BCUT2D eigenvalue weighted by Gasteiger charge is -2.25. The highest BCUT2D eigenvalue weighted by Gasteiger charge is 2.26. The maximum Gasteiger partial charge on any atom is 0.358 e. The van der Waals surface area contributed by atoms with Crippen LogP contribution in [0.4, 0.5) is 0 Å². The van der Waals surface area contributed by atoms with E-state index in [4.69, 9.17) is 5.11 Å². The van der Waals surface area contributed by atoms with Gasteiger partial charge in [-0.15, -0.1) is 5.10 Å². The molecule has 0 atom stereocenters. The van der Waals surface area contributed by atoms with Gasteiger partial charge in [0.05, 0.1) is 0 Å². The highest BCUT2D eigenvalue weighted by atomic mass is 32.1. The van der Waals surface area contributed by atoms with Crippen molar-refractivity contribution in [3.8, 4) is 0 Å². The van der Waals surface area contributed by atoms with Crippen molar-refractivity contribution in [2.75, 3.05) is 13.1 Å². The zero-order valence-electron chi connectivity index (χ0n) is 8.55. The number of aromatic carboxylic acids is 1. The number of carboxylic acid groups (broad SMARTS) is 1. The number of nitrogens with zero attached hydrogens (tertiary/aromatic N) is 3. The Morgan fingerprint density at radius 1 is 1.25 bits per heavy atom. The number of carboxylic acids is 1. The molecular formula is C9H11N3O3S. The molecule has 2 heterocycles. The van der Waals surface area contributed by atoms with Gasteiger partial charge in [-0.2, -0.15) is 0 Å². The number of piperidine rings is 1. The highest BCUT2D eigenvalue weighted by Crippen LogP contribution is 2.17. The standard InChI is InChI=1S/C9H11N3O3S/c13-8(12-4-2-1-3-5-12)7-6(9(14)15)10-11-16-7/h1-5H2,(H,14,15). The third-order valence-corrected chi connectivity index (χ3v) is 3.24. The zero-order valence-corrected chi connectivity index (χ0v) is 9.37. The molecule has 86 valence electrons. The number of amides is 1. The summed E-state index contributed by atoms with van der Waals surface area (Å²) in [6.07, 6.45) is 3.07. The summed E-state index contributed by atoms with van der Waals surface area (Å²) in [5, 5.41) is 12.3. The number of rotatable bonds is 2. The SMILES string of the molecule is O=C(O)c1nnsc1C(=O)N1CCCCC1. The summed E-state index contributed by atoms with van der Waals surface area (Å²) in [5.74, 6) is -1.46. The second-order valence-corrected chi connectivity index (χ2v) is 4.36. The number of hydrogen-bond acceptors (Lipinski definition) is 5. The van der Waals surface area contributed by atoms with Crippen LogP contribution in [-0.2, 0) is 0 Å². The van der Waals surface area contributed by atoms with Gasteiger partial charge in [0.15, 0.2) is 5.69 Å². The lowest BCUT2D eigenvalue weighted by molar-refractivity contribution is 0.0664. The molecule has 1 amide bonds. The Bertz CT molecular complexity index is 412. The van der Waals surface area contributed by atoms with Gasteiger partial charge in [0.1, 0.15) is 4.88 Å². The smallest absolute Gasteiger partial charge is 0.358 e. The van der Waals surface area contributed by atoms with E-state index in [9.17, 15) is 9.59 Å². The van der Waals surface area contributed by atoms with Crippen LogP contribution in [0.5, 0.6) is 0 Å². The van der Waals surface area contributed by atoms with Crippen LogP contribution in [0.15, 0.2) is 0 Å². The molecule has 0 bridgehead atoms. The van der Waals surface area contributed by atoms with E-state index in [1.807, 2.05) is 0 Å². The second kappa shape index (κ2) is 4.56. The van der Waals surface area contributed by atoms with Gasteiger partial charge in [0.25, 0.3) is 5.91 Å². The molecule has 1 fully saturated rings. The van der Waals surface area contributed by atoms with Crippen LogP contribution in [-0.4, -0.2) is 44.6 Å². The fraction of sp³-hybridized carbons (Fsp3) is 0.556. The molecule has 0 aliphatic carbocycles. The van der Waals surface area contributed by atoms with Crippen LogP contribution < -0.4 is 0 Å². The Kier molecular flexibility index (Phi) is 3.14. The Morgan fingerprint density at radius 3 is 2.56 bits per heavy atom. The van der Waals surface area contributed by atoms with E-state index in [0.717, 1.165) is 30.8 Å². The molecule has 7 heteroatoms. The van der Waals surface area contributed by atoms with Crippen molar-refractivity contribution in [3.05, 3.63) is 10.6 Å². The fourth-order valence-electron chi connectivity index (χ4n) is 1.71. The van der Waals surface area contributed by atoms with Crippen molar-refractivity contribution in [3.63, 3.8) is 0 Å². The molecule has 0 aromatic carbocycles. The highest BCUT2D eigenvalue weighted by molar-refractivity contribution is 7.08. The summed E-state index contributed by atoms with van der Waals surface area (Å²) >= 11 is 0.846. The van der Waals surface area contributed by atoms with Crippen LogP contribution in [0.3, 0.4) is 0 Å². The fourth-order valence-corrected chi connectivity index (χ4v) is 2.34. The predicted octanol–water partition coefficient (Wildman–Crippen LogP) is 0.862. The van der Waals surface area contributed by atoms with Gasteiger partial charge in [-0.3, -0.25) is 4.79 Å². The first kappa shape index (κ1) is 11.0. The van der Waals surface area contributed by atoms with Gasteiger partial charge in [0, 0.05) is 13.1 Å². The average molecular weight is 241 g/mol. The summed E-state index contributed by atoms with van der Waals surface area (Å²) < 4.78 is 3.52. The van der Waals surface area contributed by atoms with Crippen molar-refractivity contribution < 1.29 is 14.7 Å². The third-order valence-electron chi connectivity index (χ3n) is 2.53. The van der Waals surface area contributed by atoms with Gasteiger partial charge in [-0.1, -0.05) is 4.49 Å². The molecule has 1 aliphatic rings. The number of hydrogen-bond donors (Lipinski definition) is 1. The molecule has 1 saturated heterocycles. The van der Waals surface area contributed by atoms with Gasteiger partial charge < -0.3 is 10.0 Å². The summed E-state index contributed by atoms with van der Waals surface area (Å²) in [7, 11) is 0. The topological polar surface area (TPSA) is 83.4 Å². The van der Waals surface area contributed by atoms with Gasteiger partial charge >= 0.3 is 5.97 Å². The first-order chi connectivity index (χ1) is 7.70. The molecule has 0 radical (unpaired) electrons. The van der Waals surface area contributed by atoms with Crippen LogP contribution >= 0.6 is 11.5 Å². The maximum absolute atomic E-state index is 12.0. The van der Waals surface area contributed by atoms with E-state index in [-0.39, 0.29) is 16.5 Å². The molecule has 1 N–H and O–H groups in total. The van der Waals surface area contributed by atoms with Gasteiger partial charge in [0.2, 0.25) is 0 Å². The second-order valence-electron chi connectivity index (χ2n) is 3.61. The molecule has 0 saturated carbocycles. The quantitative estimate of drug-likeness (QED) is 0.830. The zero-order chi connectivity index (χ0) is 11.5. The molecule has 1 aliphatic heterocycles. The largest absolute Gasteiger partial charge is 0.476 e. The van der Waals surface area contributed by atoms with E-state index in [1.165, 1.54) is 0 Å². The van der Waals surface area contributed by atoms with Crippen molar-refractivity contribution >= 4 is 23.4 Å². The van der Waals surface area contributed by atoms with Crippen molar-refractivity contribution in [2.24, 2.45) is 0 Å². The number of aromatic nitrogens is 2. The Labute approximate surface area is 96.0 Å². The number of carbonyl (C=O) groups excluding carboxylic acids is 1. The minimum absolute atomic E-state index is 0.134. The van der Waals surface area contributed by atoms with Crippen molar-refractivity contribution in [2.45, 2.75) is 19.3 Å². The van der Waals surface area contributed by atoms with Gasteiger partial charge in [-0.25, -0.2) is 4.79 Å². The molecule has 16 heavy (non-hydrogen) atoms. The molecule has 0 spiro atoms. The number of carbonyl (C=O) groups is 2. The summed E-state index contributed by atoms with van der Waals surface area (Å²) in [4.78, 5) is 24.6. The van der Waals surface area contributed by atoms with Crippen LogP contribution in [0.25, 0.3) is 0 Å². The third kappa shape index (κ3) is 2.04. The summed E-state index contributed by atoms with van der Waals surface area (Å²) in [6, 6.07) is 0. The maximum atomic E-state index is 12.0. The van der Waals surface area contributed by atoms with Crippen molar-refractivity contribution in [1.29, 1.82) is 0 Å². The van der Waals surface area contributed by atoms with Crippen LogP contribution in [0.1, 0.15) is 39.4 Å². The monoisotopic (exact) mass is 241 g/mol. The molecule has 1 aromatic rings. The van der Waals surface area contributed by atoms with E-state index < -0.39 is 5.97 Å². The lowest BCUT2D eigenvalue weighted by atomic mass is 10.1. The molecular weight excluding hydrogens is 230 g/mol. The van der Waals surface area contributed by atoms with Crippen LogP contribution in [0, 0.1) is 0 Å². The first-order valence-electron chi connectivity index (χ1n) is 5.05. The van der Waals surface area contributed by atoms with Crippen LogP contribution in [0.2, 0.25) is 0 Å². The Balaban J connectivity index is 2.19. The lowest BCUT2D eigenvalue weighted by Crippen LogP contribution is -2.35. The predicted molar refractivity (Wildman–Crippen MR) is 56.6 cm³/mol. The molecule has 1 aromatic heterocycles. The molecule has 0 unspecified atom stereocenters. The van der Waals surface area contributed by atoms with Gasteiger partial charge in [-0.05, 0) is 30.8 Å². The minimum atomic E-state index is -1.20. The van der Waals surface area contributed by atoms with E-state index >= 15 is 0 Å². The normalized spacial score (nSPS) is 16.1. The molecule has 2 rings (SSSR count). The number of likely N-dealkylation sites (tertiary alicyclic amines) is 1. The Hall–Kier alpha value is -1.50. The Morgan fingerprint density at radius 2 is 1.94 bits per heavy atom. The summed E-state index contributed by atoms with van der Waals surface area (Å²) in [6.45, 7) is 1.38. The van der Waals surface area contributed by atoms with E-state index in [2.05, 4.69) is 9.59 Å². The molecule has 6 nitrogen and oxygen atoms in total. The van der Waals surface area contributed by atoms with E-state index in [1.54, 1.807) is 4.90 Å². The summed E-state index contributed by atoms with van der Waals surface area (Å²) in [5.41, 5.74) is -0.236. The first-order valence-corrected chi connectivity index (χ1v) is 5.82. The minimum Gasteiger partial charge on any atom is -0.476 e. The van der Waals surface area contributed by atoms with Crippen molar-refractivity contribution in [1.82, 2.24) is 14.5 Å².